The lowest BCUT2D eigenvalue weighted by molar-refractivity contribution is -0.124. The molecule has 1 aromatic heterocycles. The summed E-state index contributed by atoms with van der Waals surface area (Å²) in [6, 6.07) is 0. The zero-order valence-electron chi connectivity index (χ0n) is 9.51. The van der Waals surface area contributed by atoms with Crippen LogP contribution in [0.5, 0.6) is 0 Å². The molecule has 88 valence electrons. The first kappa shape index (κ1) is 12.2. The Bertz CT molecular complexity index is 499. The van der Waals surface area contributed by atoms with Crippen LogP contribution in [0.4, 0.5) is 5.69 Å². The van der Waals surface area contributed by atoms with Crippen LogP contribution < -0.4 is 16.6 Å². The Hall–Kier alpha value is -1.85. The zero-order chi connectivity index (χ0) is 12.3. The molecule has 1 rings (SSSR count). The standard InChI is InChI=1S/C10H15N3O3/c1-4-10(2,3)8(15)12-6-5-11-9(16)13-7(6)14/h5H,4H2,1-3H3,(H,12,15)(H2,11,13,14,16). The number of H-pyrrole nitrogens is 2. The van der Waals surface area contributed by atoms with E-state index in [1.165, 1.54) is 6.20 Å². The van der Waals surface area contributed by atoms with Crippen LogP contribution in [0.2, 0.25) is 0 Å². The molecule has 1 amide bonds. The third kappa shape index (κ3) is 2.59. The first-order valence-corrected chi connectivity index (χ1v) is 5.00. The minimum atomic E-state index is -0.607. The van der Waals surface area contributed by atoms with E-state index >= 15 is 0 Å². The predicted molar refractivity (Wildman–Crippen MR) is 60.4 cm³/mol. The summed E-state index contributed by atoms with van der Waals surface area (Å²) in [5, 5.41) is 2.48. The second-order valence-electron chi connectivity index (χ2n) is 4.18. The van der Waals surface area contributed by atoms with Crippen molar-refractivity contribution in [3.8, 4) is 0 Å². The Kier molecular flexibility index (Phi) is 3.31. The molecule has 0 spiro atoms. The molecule has 1 aromatic rings. The van der Waals surface area contributed by atoms with Crippen molar-refractivity contribution < 1.29 is 4.79 Å². The zero-order valence-corrected chi connectivity index (χ0v) is 9.51. The van der Waals surface area contributed by atoms with Crippen molar-refractivity contribution in [1.82, 2.24) is 9.97 Å². The third-order valence-corrected chi connectivity index (χ3v) is 2.57. The molecular weight excluding hydrogens is 210 g/mol. The van der Waals surface area contributed by atoms with Gasteiger partial charge in [-0.15, -0.1) is 0 Å². The second-order valence-corrected chi connectivity index (χ2v) is 4.18. The van der Waals surface area contributed by atoms with E-state index in [1.807, 2.05) is 11.9 Å². The monoisotopic (exact) mass is 225 g/mol. The van der Waals surface area contributed by atoms with Gasteiger partial charge in [-0.2, -0.15) is 0 Å². The van der Waals surface area contributed by atoms with Crippen LogP contribution in [0.1, 0.15) is 27.2 Å². The molecule has 0 bridgehead atoms. The van der Waals surface area contributed by atoms with Gasteiger partial charge >= 0.3 is 5.69 Å². The maximum Gasteiger partial charge on any atom is 0.325 e. The van der Waals surface area contributed by atoms with Gasteiger partial charge in [-0.1, -0.05) is 20.8 Å². The van der Waals surface area contributed by atoms with E-state index in [4.69, 9.17) is 0 Å². The molecule has 0 aliphatic heterocycles. The predicted octanol–water partition coefficient (Wildman–Crippen LogP) is 0.438. The topological polar surface area (TPSA) is 94.8 Å². The van der Waals surface area contributed by atoms with Crippen molar-refractivity contribution >= 4 is 11.6 Å². The lowest BCUT2D eigenvalue weighted by Gasteiger charge is -2.20. The van der Waals surface area contributed by atoms with Crippen LogP contribution in [0, 0.1) is 5.41 Å². The number of hydrogen-bond donors (Lipinski definition) is 3. The number of nitrogens with one attached hydrogen (secondary N) is 3. The van der Waals surface area contributed by atoms with Crippen molar-refractivity contribution in [2.45, 2.75) is 27.2 Å². The molecule has 6 nitrogen and oxygen atoms in total. The smallest absolute Gasteiger partial charge is 0.320 e. The maximum absolute atomic E-state index is 11.7. The molecular formula is C10H15N3O3. The van der Waals surface area contributed by atoms with Gasteiger partial charge in [-0.05, 0) is 6.42 Å². The Morgan fingerprint density at radius 3 is 2.56 bits per heavy atom. The fraction of sp³-hybridized carbons (Fsp3) is 0.500. The largest absolute Gasteiger partial charge is 0.325 e. The minimum absolute atomic E-state index is 0.0473. The first-order chi connectivity index (χ1) is 7.36. The van der Waals surface area contributed by atoms with Crippen LogP contribution in [0.25, 0.3) is 0 Å². The quantitative estimate of drug-likeness (QED) is 0.696. The number of hydrogen-bond acceptors (Lipinski definition) is 3. The van der Waals surface area contributed by atoms with Crippen molar-refractivity contribution in [3.63, 3.8) is 0 Å². The summed E-state index contributed by atoms with van der Waals surface area (Å²) in [6.45, 7) is 5.45. The number of carbonyl (C=O) groups is 1. The number of amides is 1. The van der Waals surface area contributed by atoms with Gasteiger partial charge in [0.25, 0.3) is 5.56 Å². The van der Waals surface area contributed by atoms with E-state index in [2.05, 4.69) is 10.3 Å². The molecule has 3 N–H and O–H groups in total. The van der Waals surface area contributed by atoms with Crippen LogP contribution in [0.15, 0.2) is 15.8 Å². The van der Waals surface area contributed by atoms with Crippen molar-refractivity contribution in [2.75, 3.05) is 5.32 Å². The lowest BCUT2D eigenvalue weighted by Crippen LogP contribution is -2.33. The Balaban J connectivity index is 2.94. The molecule has 6 heteroatoms. The molecule has 0 saturated heterocycles. The normalized spacial score (nSPS) is 11.2. The van der Waals surface area contributed by atoms with Crippen LogP contribution in [0.3, 0.4) is 0 Å². The number of anilines is 1. The van der Waals surface area contributed by atoms with Gasteiger partial charge in [0.1, 0.15) is 5.69 Å². The minimum Gasteiger partial charge on any atom is -0.320 e. The van der Waals surface area contributed by atoms with Gasteiger partial charge in [-0.25, -0.2) is 4.79 Å². The van der Waals surface area contributed by atoms with Gasteiger partial charge in [0.2, 0.25) is 5.91 Å². The highest BCUT2D eigenvalue weighted by atomic mass is 16.2. The summed E-state index contributed by atoms with van der Waals surface area (Å²) < 4.78 is 0. The summed E-state index contributed by atoms with van der Waals surface area (Å²) in [7, 11) is 0. The van der Waals surface area contributed by atoms with Gasteiger partial charge in [0.05, 0.1) is 0 Å². The summed E-state index contributed by atoms with van der Waals surface area (Å²) >= 11 is 0. The van der Waals surface area contributed by atoms with Crippen molar-refractivity contribution in [1.29, 1.82) is 0 Å². The Morgan fingerprint density at radius 2 is 2.06 bits per heavy atom. The number of aromatic amines is 2. The maximum atomic E-state index is 11.7. The van der Waals surface area contributed by atoms with Gasteiger partial charge in [-0.3, -0.25) is 14.6 Å². The van der Waals surface area contributed by atoms with Crippen molar-refractivity contribution in [2.24, 2.45) is 5.41 Å². The average Bonchev–Trinajstić information content (AvgIpc) is 2.22. The SMILES string of the molecule is CCC(C)(C)C(=O)Nc1c[nH]c(=O)[nH]c1=O. The molecule has 16 heavy (non-hydrogen) atoms. The molecule has 0 aliphatic carbocycles. The summed E-state index contributed by atoms with van der Waals surface area (Å²) in [5.74, 6) is -0.257. The number of carbonyl (C=O) groups excluding carboxylic acids is 1. The second kappa shape index (κ2) is 4.34. The highest BCUT2D eigenvalue weighted by Crippen LogP contribution is 2.20. The average molecular weight is 225 g/mol. The molecule has 0 saturated carbocycles. The fourth-order valence-corrected chi connectivity index (χ4v) is 0.955. The van der Waals surface area contributed by atoms with Gasteiger partial charge in [0, 0.05) is 11.6 Å². The van der Waals surface area contributed by atoms with E-state index in [1.54, 1.807) is 13.8 Å². The van der Waals surface area contributed by atoms with E-state index in [0.29, 0.717) is 6.42 Å². The number of rotatable bonds is 3. The molecule has 0 aromatic carbocycles. The van der Waals surface area contributed by atoms with E-state index < -0.39 is 16.7 Å². The van der Waals surface area contributed by atoms with Crippen LogP contribution in [-0.4, -0.2) is 15.9 Å². The highest BCUT2D eigenvalue weighted by molar-refractivity contribution is 5.94. The summed E-state index contributed by atoms with van der Waals surface area (Å²) in [4.78, 5) is 38.1. The molecule has 0 unspecified atom stereocenters. The van der Waals surface area contributed by atoms with Crippen LogP contribution in [-0.2, 0) is 4.79 Å². The first-order valence-electron chi connectivity index (χ1n) is 5.00. The molecule has 1 heterocycles. The molecule has 0 atom stereocenters. The summed E-state index contributed by atoms with van der Waals surface area (Å²) in [5.41, 5.74) is -1.71. The number of aromatic nitrogens is 2. The Morgan fingerprint density at radius 1 is 1.44 bits per heavy atom. The van der Waals surface area contributed by atoms with Crippen LogP contribution >= 0.6 is 0 Å². The lowest BCUT2D eigenvalue weighted by atomic mass is 9.89. The molecule has 0 aliphatic rings. The molecule has 0 fully saturated rings. The van der Waals surface area contributed by atoms with Gasteiger partial charge < -0.3 is 10.3 Å². The van der Waals surface area contributed by atoms with E-state index in [0.717, 1.165) is 0 Å². The summed E-state index contributed by atoms with van der Waals surface area (Å²) in [6.07, 6.45) is 1.84. The van der Waals surface area contributed by atoms with E-state index in [-0.39, 0.29) is 11.6 Å². The fourth-order valence-electron chi connectivity index (χ4n) is 0.955. The Labute approximate surface area is 92.1 Å². The van der Waals surface area contributed by atoms with E-state index in [9.17, 15) is 14.4 Å². The van der Waals surface area contributed by atoms with Crippen molar-refractivity contribution in [3.05, 3.63) is 27.0 Å². The highest BCUT2D eigenvalue weighted by Gasteiger charge is 2.25. The third-order valence-electron chi connectivity index (χ3n) is 2.57. The molecule has 0 radical (unpaired) electrons. The van der Waals surface area contributed by atoms with Gasteiger partial charge in [0.15, 0.2) is 0 Å².